The summed E-state index contributed by atoms with van der Waals surface area (Å²) >= 11 is 3.77. The molecule has 4 atom stereocenters. The summed E-state index contributed by atoms with van der Waals surface area (Å²) in [6, 6.07) is 4.30. The number of thiazole rings is 1. The van der Waals surface area contributed by atoms with Crippen LogP contribution in [0.2, 0.25) is 0 Å². The van der Waals surface area contributed by atoms with Crippen molar-refractivity contribution in [3.63, 3.8) is 0 Å². The topological polar surface area (TPSA) is 86.9 Å². The number of aromatic nitrogens is 2. The molecule has 0 spiro atoms. The van der Waals surface area contributed by atoms with Gasteiger partial charge in [0.15, 0.2) is 5.13 Å². The molecular weight excluding hydrogens is 741 g/mol. The van der Waals surface area contributed by atoms with Crippen molar-refractivity contribution >= 4 is 45.0 Å². The number of rotatable bonds is 10. The van der Waals surface area contributed by atoms with Crippen LogP contribution in [0.4, 0.5) is 22.7 Å². The van der Waals surface area contributed by atoms with Crippen molar-refractivity contribution in [3.05, 3.63) is 76.0 Å². The molecule has 3 aromatic rings. The molecule has 0 radical (unpaired) electrons. The molecule has 3 heterocycles. The number of methoxy groups -OCH3 is 1. The number of ether oxygens (including phenoxy) is 3. The Kier molecular flexibility index (Phi) is 9.76. The van der Waals surface area contributed by atoms with Gasteiger partial charge in [-0.3, -0.25) is 0 Å². The molecule has 6 rings (SSSR count). The van der Waals surface area contributed by atoms with Crippen LogP contribution >= 0.6 is 33.9 Å². The number of hydrogen-bond acceptors (Lipinski definition) is 9. The van der Waals surface area contributed by atoms with Crippen molar-refractivity contribution in [2.24, 2.45) is 5.92 Å². The fraction of sp³-hybridized carbons (Fsp3) is 0.469. The molecule has 14 heteroatoms. The number of nitrogens with zero attached hydrogens (tertiary/aromatic N) is 3. The number of anilines is 1. The first-order valence-electron chi connectivity index (χ1n) is 15.0. The molecule has 246 valence electrons. The van der Waals surface area contributed by atoms with Crippen LogP contribution in [0.5, 0.6) is 0 Å². The van der Waals surface area contributed by atoms with E-state index in [0.29, 0.717) is 47.7 Å². The second-order valence-corrected chi connectivity index (χ2v) is 13.4. The Morgan fingerprint density at radius 3 is 2.74 bits per heavy atom. The number of carbonyl (C=O) groups excluding carboxylic acids is 1. The van der Waals surface area contributed by atoms with Gasteiger partial charge in [0.2, 0.25) is 0 Å². The minimum absolute atomic E-state index is 0.0984. The number of halogens is 5. The van der Waals surface area contributed by atoms with E-state index < -0.39 is 24.1 Å². The Labute approximate surface area is 280 Å². The van der Waals surface area contributed by atoms with E-state index in [9.17, 15) is 22.4 Å². The smallest absolute Gasteiger partial charge is 0.465 e. The third-order valence-electron chi connectivity index (χ3n) is 8.55. The first-order chi connectivity index (χ1) is 22.1. The van der Waals surface area contributed by atoms with E-state index in [1.165, 1.54) is 36.7 Å². The Bertz CT molecular complexity index is 1640. The SMILES string of the molecule is COC(=O)c1ccc(-c2csc(N3CC[C@@H](OCc4c(C5C(OC(F)(F)F)=CC=CC5C)noc4C4CC4)C[C@H]3CI)n2)c(F)c1. The number of alkyl halides is 4. The minimum Gasteiger partial charge on any atom is -0.465 e. The van der Waals surface area contributed by atoms with Crippen LogP contribution in [0.15, 0.2) is 52.1 Å². The average molecular weight is 774 g/mol. The van der Waals surface area contributed by atoms with Gasteiger partial charge in [-0.2, -0.15) is 0 Å². The van der Waals surface area contributed by atoms with Gasteiger partial charge in [0.25, 0.3) is 0 Å². The Morgan fingerprint density at radius 2 is 2.04 bits per heavy atom. The quantitative estimate of drug-likeness (QED) is 0.0881. The third-order valence-corrected chi connectivity index (χ3v) is 10.4. The second kappa shape index (κ2) is 13.6. The van der Waals surface area contributed by atoms with E-state index in [4.69, 9.17) is 14.2 Å². The first-order valence-corrected chi connectivity index (χ1v) is 17.4. The zero-order valence-corrected chi connectivity index (χ0v) is 28.0. The molecular formula is C32H32F4IN3O5S. The molecule has 2 aromatic heterocycles. The van der Waals surface area contributed by atoms with Crippen molar-refractivity contribution in [3.8, 4) is 11.3 Å². The van der Waals surface area contributed by atoms with Crippen LogP contribution < -0.4 is 4.90 Å². The van der Waals surface area contributed by atoms with Crippen molar-refractivity contribution in [2.45, 2.75) is 69.6 Å². The summed E-state index contributed by atoms with van der Waals surface area (Å²) in [5, 5.41) is 6.86. The van der Waals surface area contributed by atoms with Gasteiger partial charge in [0, 0.05) is 39.4 Å². The predicted octanol–water partition coefficient (Wildman–Crippen LogP) is 8.30. The fourth-order valence-corrected chi connectivity index (χ4v) is 7.82. The molecule has 1 aliphatic heterocycles. The molecule has 2 aliphatic carbocycles. The maximum Gasteiger partial charge on any atom is 0.572 e. The van der Waals surface area contributed by atoms with Crippen LogP contribution in [-0.2, 0) is 20.8 Å². The van der Waals surface area contributed by atoms with Crippen molar-refractivity contribution in [2.75, 3.05) is 23.0 Å². The highest BCUT2D eigenvalue weighted by Crippen LogP contribution is 2.47. The summed E-state index contributed by atoms with van der Waals surface area (Å²) in [7, 11) is 1.25. The van der Waals surface area contributed by atoms with E-state index >= 15 is 0 Å². The molecule has 3 aliphatic rings. The number of allylic oxidation sites excluding steroid dienone is 4. The monoisotopic (exact) mass is 773 g/mol. The van der Waals surface area contributed by atoms with Crippen molar-refractivity contribution < 1.29 is 41.1 Å². The Morgan fingerprint density at radius 1 is 1.24 bits per heavy atom. The van der Waals surface area contributed by atoms with Crippen molar-refractivity contribution in [1.82, 2.24) is 10.1 Å². The lowest BCUT2D eigenvalue weighted by molar-refractivity contribution is -0.307. The fourth-order valence-electron chi connectivity index (χ4n) is 6.06. The molecule has 0 amide bonds. The largest absolute Gasteiger partial charge is 0.572 e. The highest BCUT2D eigenvalue weighted by Gasteiger charge is 2.41. The zero-order valence-electron chi connectivity index (χ0n) is 25.1. The molecule has 2 fully saturated rings. The highest BCUT2D eigenvalue weighted by atomic mass is 127. The highest BCUT2D eigenvalue weighted by molar-refractivity contribution is 14.1. The summed E-state index contributed by atoms with van der Waals surface area (Å²) in [5.41, 5.74) is 2.06. The van der Waals surface area contributed by atoms with Crippen LogP contribution in [0.1, 0.15) is 71.8 Å². The number of benzene rings is 1. The molecule has 0 N–H and O–H groups in total. The number of hydrogen-bond donors (Lipinski definition) is 0. The zero-order chi connectivity index (χ0) is 32.6. The predicted molar refractivity (Wildman–Crippen MR) is 171 cm³/mol. The van der Waals surface area contributed by atoms with Gasteiger partial charge < -0.3 is 23.6 Å². The molecule has 1 saturated heterocycles. The summed E-state index contributed by atoms with van der Waals surface area (Å²) in [4.78, 5) is 18.7. The van der Waals surface area contributed by atoms with Gasteiger partial charge >= 0.3 is 12.3 Å². The van der Waals surface area contributed by atoms with E-state index in [0.717, 1.165) is 28.5 Å². The van der Waals surface area contributed by atoms with E-state index in [2.05, 4.69) is 42.1 Å². The van der Waals surface area contributed by atoms with Gasteiger partial charge in [0.05, 0.1) is 37.0 Å². The molecule has 8 nitrogen and oxygen atoms in total. The number of piperidine rings is 1. The lowest BCUT2D eigenvalue weighted by Crippen LogP contribution is -2.46. The van der Waals surface area contributed by atoms with Gasteiger partial charge in [-0.15, -0.1) is 24.5 Å². The summed E-state index contributed by atoms with van der Waals surface area (Å²) in [6.45, 7) is 2.68. The normalized spacial score (nSPS) is 23.4. The lowest BCUT2D eigenvalue weighted by atomic mass is 9.83. The van der Waals surface area contributed by atoms with Gasteiger partial charge in [0.1, 0.15) is 23.0 Å². The van der Waals surface area contributed by atoms with Crippen LogP contribution in [-0.4, -0.2) is 52.7 Å². The summed E-state index contributed by atoms with van der Waals surface area (Å²) in [5.74, 6) is -1.52. The van der Waals surface area contributed by atoms with Crippen LogP contribution in [0.3, 0.4) is 0 Å². The van der Waals surface area contributed by atoms with Crippen LogP contribution in [0, 0.1) is 11.7 Å². The summed E-state index contributed by atoms with van der Waals surface area (Å²) < 4.78 is 76.8. The second-order valence-electron chi connectivity index (χ2n) is 11.7. The number of carbonyl (C=O) groups is 1. The Hall–Kier alpha value is -2.98. The standard InChI is InChI=1S/C32H32F4IN3O5S/c1-17-4-3-5-26(44-32(34,35)36)27(17)28-23(29(45-39-28)18-6-7-18)15-43-21-10-11-40(20(13-21)14-37)31-38-25(16-46-31)22-9-8-19(12-24(22)33)30(41)42-2/h3-5,8-9,12,16-18,20-21,27H,6-7,10-11,13-15H2,1-2H3/t17?,20-,21+,27?/m0/s1. The van der Waals surface area contributed by atoms with E-state index in [1.54, 1.807) is 11.5 Å². The number of esters is 1. The Balaban J connectivity index is 1.15. The third kappa shape index (κ3) is 7.13. The minimum atomic E-state index is -4.82. The molecule has 0 bridgehead atoms. The van der Waals surface area contributed by atoms with Crippen molar-refractivity contribution in [1.29, 1.82) is 0 Å². The van der Waals surface area contributed by atoms with Crippen LogP contribution in [0.25, 0.3) is 11.3 Å². The van der Waals surface area contributed by atoms with Gasteiger partial charge in [-0.25, -0.2) is 14.2 Å². The molecule has 46 heavy (non-hydrogen) atoms. The van der Waals surface area contributed by atoms with Gasteiger partial charge in [-0.1, -0.05) is 46.8 Å². The van der Waals surface area contributed by atoms with E-state index in [-0.39, 0.29) is 41.9 Å². The lowest BCUT2D eigenvalue weighted by Gasteiger charge is -2.38. The van der Waals surface area contributed by atoms with E-state index in [1.807, 2.05) is 13.0 Å². The maximum atomic E-state index is 14.9. The first kappa shape index (κ1) is 32.9. The maximum absolute atomic E-state index is 14.9. The molecule has 1 aromatic carbocycles. The summed E-state index contributed by atoms with van der Waals surface area (Å²) in [6.07, 6.45) is 3.12. The average Bonchev–Trinajstić information content (AvgIpc) is 3.61. The molecule has 1 saturated carbocycles. The molecule has 2 unspecified atom stereocenters. The van der Waals surface area contributed by atoms with Gasteiger partial charge in [-0.05, 0) is 55.9 Å².